The molecule has 0 aromatic heterocycles. The summed E-state index contributed by atoms with van der Waals surface area (Å²) in [7, 11) is 0. The molecule has 0 spiro atoms. The Bertz CT molecular complexity index is 340. The molecular formula is C13H16BrN. The summed E-state index contributed by atoms with van der Waals surface area (Å²) in [5, 5.41) is 0. The Morgan fingerprint density at radius 3 is 2.47 bits per heavy atom. The molecule has 15 heavy (non-hydrogen) atoms. The number of aryl methyl sites for hydroxylation is 1. The third-order valence-electron chi connectivity index (χ3n) is 2.11. The number of anilines is 1. The molecule has 0 fully saturated rings. The van der Waals surface area contributed by atoms with Crippen LogP contribution in [0, 0.1) is 6.92 Å². The second-order valence-corrected chi connectivity index (χ2v) is 4.64. The predicted molar refractivity (Wildman–Crippen MR) is 71.7 cm³/mol. The number of nitrogens with zero attached hydrogens (tertiary/aromatic N) is 1. The highest BCUT2D eigenvalue weighted by Gasteiger charge is 2.04. The number of halogens is 1. The lowest BCUT2D eigenvalue weighted by molar-refractivity contribution is 0.951. The maximum atomic E-state index is 3.86. The van der Waals surface area contributed by atoms with Gasteiger partial charge in [-0.2, -0.15) is 0 Å². The molecular weight excluding hydrogens is 250 g/mol. The molecule has 0 N–H and O–H groups in total. The van der Waals surface area contributed by atoms with Crippen LogP contribution in [0.5, 0.6) is 0 Å². The fourth-order valence-electron chi connectivity index (χ4n) is 1.38. The van der Waals surface area contributed by atoms with Crippen molar-refractivity contribution < 1.29 is 0 Å². The van der Waals surface area contributed by atoms with Crippen LogP contribution in [-0.4, -0.2) is 13.1 Å². The van der Waals surface area contributed by atoms with Gasteiger partial charge < -0.3 is 4.90 Å². The first-order valence-corrected chi connectivity index (χ1v) is 5.68. The zero-order chi connectivity index (χ0) is 11.3. The van der Waals surface area contributed by atoms with Crippen molar-refractivity contribution in [2.24, 2.45) is 0 Å². The Hall–Kier alpha value is -1.02. The molecule has 2 heteroatoms. The van der Waals surface area contributed by atoms with Crippen molar-refractivity contribution in [3.63, 3.8) is 0 Å². The molecule has 0 heterocycles. The molecule has 0 aliphatic rings. The number of hydrogen-bond donors (Lipinski definition) is 0. The van der Waals surface area contributed by atoms with Crippen LogP contribution in [0.25, 0.3) is 0 Å². The molecule has 1 nitrogen and oxygen atoms in total. The zero-order valence-electron chi connectivity index (χ0n) is 9.04. The molecule has 1 aromatic rings. The molecule has 0 bridgehead atoms. The summed E-state index contributed by atoms with van der Waals surface area (Å²) in [5.41, 5.74) is 2.47. The standard InChI is InChI=1S/C13H16BrN/c1-4-9-15(10-12(3)14)13-7-5-11(2)6-8-13/h4-8H,1,3,9-10H2,2H3. The van der Waals surface area contributed by atoms with Gasteiger partial charge in [0.15, 0.2) is 0 Å². The number of hydrogen-bond acceptors (Lipinski definition) is 1. The highest BCUT2D eigenvalue weighted by atomic mass is 79.9. The van der Waals surface area contributed by atoms with Crippen molar-refractivity contribution in [3.05, 3.63) is 53.5 Å². The SMILES string of the molecule is C=CCN(CC(=C)Br)c1ccc(C)cc1. The minimum atomic E-state index is 0.801. The smallest absolute Gasteiger partial charge is 0.0492 e. The number of benzene rings is 1. The van der Waals surface area contributed by atoms with Crippen molar-refractivity contribution in [1.82, 2.24) is 0 Å². The minimum Gasteiger partial charge on any atom is -0.363 e. The van der Waals surface area contributed by atoms with Gasteiger partial charge in [0.1, 0.15) is 0 Å². The van der Waals surface area contributed by atoms with Crippen LogP contribution in [0.4, 0.5) is 5.69 Å². The molecule has 0 unspecified atom stereocenters. The average molecular weight is 266 g/mol. The van der Waals surface area contributed by atoms with Crippen LogP contribution in [0.2, 0.25) is 0 Å². The largest absolute Gasteiger partial charge is 0.363 e. The van der Waals surface area contributed by atoms with Gasteiger partial charge in [0.05, 0.1) is 0 Å². The Morgan fingerprint density at radius 2 is 2.00 bits per heavy atom. The zero-order valence-corrected chi connectivity index (χ0v) is 10.6. The van der Waals surface area contributed by atoms with Gasteiger partial charge in [-0.1, -0.05) is 46.3 Å². The van der Waals surface area contributed by atoms with E-state index < -0.39 is 0 Å². The van der Waals surface area contributed by atoms with E-state index in [2.05, 4.69) is 65.2 Å². The summed E-state index contributed by atoms with van der Waals surface area (Å²) in [6, 6.07) is 8.47. The van der Waals surface area contributed by atoms with E-state index in [4.69, 9.17) is 0 Å². The summed E-state index contributed by atoms with van der Waals surface area (Å²) in [5.74, 6) is 0. The lowest BCUT2D eigenvalue weighted by Gasteiger charge is -2.23. The molecule has 1 aromatic carbocycles. The van der Waals surface area contributed by atoms with Crippen LogP contribution >= 0.6 is 15.9 Å². The highest BCUT2D eigenvalue weighted by Crippen LogP contribution is 2.17. The van der Waals surface area contributed by atoms with E-state index in [0.717, 1.165) is 17.6 Å². The van der Waals surface area contributed by atoms with E-state index in [-0.39, 0.29) is 0 Å². The van der Waals surface area contributed by atoms with Gasteiger partial charge in [-0.15, -0.1) is 6.58 Å². The Labute approximate surface area is 100 Å². The van der Waals surface area contributed by atoms with Gasteiger partial charge in [0.25, 0.3) is 0 Å². The Balaban J connectivity index is 2.83. The summed E-state index contributed by atoms with van der Waals surface area (Å²) >= 11 is 3.39. The van der Waals surface area contributed by atoms with E-state index in [1.54, 1.807) is 0 Å². The van der Waals surface area contributed by atoms with Crippen molar-refractivity contribution in [3.8, 4) is 0 Å². The number of rotatable bonds is 5. The van der Waals surface area contributed by atoms with Crippen molar-refractivity contribution in [1.29, 1.82) is 0 Å². The van der Waals surface area contributed by atoms with Gasteiger partial charge in [0, 0.05) is 23.3 Å². The lowest BCUT2D eigenvalue weighted by Crippen LogP contribution is -2.24. The summed E-state index contributed by atoms with van der Waals surface area (Å²) in [6.45, 7) is 11.3. The minimum absolute atomic E-state index is 0.801. The maximum Gasteiger partial charge on any atom is 0.0492 e. The molecule has 0 radical (unpaired) electrons. The lowest BCUT2D eigenvalue weighted by atomic mass is 10.2. The molecule has 1 rings (SSSR count). The first-order valence-electron chi connectivity index (χ1n) is 4.89. The summed E-state index contributed by atoms with van der Waals surface area (Å²) in [6.07, 6.45) is 1.90. The van der Waals surface area contributed by atoms with E-state index in [1.165, 1.54) is 11.3 Å². The fraction of sp³-hybridized carbons (Fsp3) is 0.231. The molecule has 80 valence electrons. The monoisotopic (exact) mass is 265 g/mol. The molecule has 0 aliphatic carbocycles. The van der Waals surface area contributed by atoms with Gasteiger partial charge in [-0.3, -0.25) is 0 Å². The van der Waals surface area contributed by atoms with E-state index >= 15 is 0 Å². The van der Waals surface area contributed by atoms with Gasteiger partial charge in [-0.05, 0) is 19.1 Å². The van der Waals surface area contributed by atoms with Crippen molar-refractivity contribution in [2.45, 2.75) is 6.92 Å². The fourth-order valence-corrected chi connectivity index (χ4v) is 1.68. The van der Waals surface area contributed by atoms with E-state index in [9.17, 15) is 0 Å². The predicted octanol–water partition coefficient (Wildman–Crippen LogP) is 3.90. The van der Waals surface area contributed by atoms with Crippen LogP contribution in [0.15, 0.2) is 48.0 Å². The first-order chi connectivity index (χ1) is 7.13. The van der Waals surface area contributed by atoms with Crippen molar-refractivity contribution >= 4 is 21.6 Å². The second kappa shape index (κ2) is 5.76. The average Bonchev–Trinajstić information content (AvgIpc) is 2.17. The van der Waals surface area contributed by atoms with Crippen LogP contribution in [-0.2, 0) is 0 Å². The molecule has 0 aliphatic heterocycles. The Morgan fingerprint density at radius 1 is 1.40 bits per heavy atom. The quantitative estimate of drug-likeness (QED) is 0.731. The molecule has 0 amide bonds. The second-order valence-electron chi connectivity index (χ2n) is 3.52. The topological polar surface area (TPSA) is 3.24 Å². The molecule has 0 saturated carbocycles. The first kappa shape index (κ1) is 12.1. The summed E-state index contributed by atoms with van der Waals surface area (Å²) < 4.78 is 0.977. The van der Waals surface area contributed by atoms with Gasteiger partial charge in [0.2, 0.25) is 0 Å². The van der Waals surface area contributed by atoms with Gasteiger partial charge in [-0.25, -0.2) is 0 Å². The van der Waals surface area contributed by atoms with Gasteiger partial charge >= 0.3 is 0 Å². The third kappa shape index (κ3) is 3.92. The maximum absolute atomic E-state index is 3.86. The van der Waals surface area contributed by atoms with Crippen LogP contribution < -0.4 is 4.90 Å². The molecule has 0 atom stereocenters. The highest BCUT2D eigenvalue weighted by molar-refractivity contribution is 9.11. The van der Waals surface area contributed by atoms with E-state index in [1.807, 2.05) is 6.08 Å². The Kier molecular flexibility index (Phi) is 4.63. The van der Waals surface area contributed by atoms with Crippen molar-refractivity contribution in [2.75, 3.05) is 18.0 Å². The third-order valence-corrected chi connectivity index (χ3v) is 2.36. The van der Waals surface area contributed by atoms with Crippen LogP contribution in [0.1, 0.15) is 5.56 Å². The van der Waals surface area contributed by atoms with E-state index in [0.29, 0.717) is 0 Å². The molecule has 0 saturated heterocycles. The normalized spacial score (nSPS) is 9.73. The summed E-state index contributed by atoms with van der Waals surface area (Å²) in [4.78, 5) is 2.21. The van der Waals surface area contributed by atoms with Crippen LogP contribution in [0.3, 0.4) is 0 Å².